The number of hydrogen-bond acceptors (Lipinski definition) is 3. The third-order valence-corrected chi connectivity index (χ3v) is 3.89. The quantitative estimate of drug-likeness (QED) is 0.657. The molecule has 0 saturated heterocycles. The molecule has 0 bridgehead atoms. The summed E-state index contributed by atoms with van der Waals surface area (Å²) in [6.45, 7) is 1.83. The number of nitrogens with two attached hydrogens (primary N) is 1. The second-order valence-electron chi connectivity index (χ2n) is 4.99. The number of benzene rings is 1. The summed E-state index contributed by atoms with van der Waals surface area (Å²) < 4.78 is 27.9. The van der Waals surface area contributed by atoms with Gasteiger partial charge in [-0.25, -0.2) is 8.78 Å². The molecule has 1 atom stereocenters. The van der Waals surface area contributed by atoms with Gasteiger partial charge in [-0.15, -0.1) is 0 Å². The van der Waals surface area contributed by atoms with Gasteiger partial charge < -0.3 is 0 Å². The van der Waals surface area contributed by atoms with Gasteiger partial charge in [-0.1, -0.05) is 17.7 Å². The highest BCUT2D eigenvalue weighted by molar-refractivity contribution is 6.31. The van der Waals surface area contributed by atoms with Gasteiger partial charge in [0.2, 0.25) is 0 Å². The number of nitrogens with one attached hydrogen (secondary N) is 1. The van der Waals surface area contributed by atoms with Crippen molar-refractivity contribution in [1.82, 2.24) is 15.2 Å². The molecule has 2 rings (SSSR count). The first-order valence-electron chi connectivity index (χ1n) is 6.50. The molecule has 0 fully saturated rings. The minimum absolute atomic E-state index is 0.165. The molecule has 0 spiro atoms. The molecule has 0 aliphatic heterocycles. The monoisotopic (exact) mass is 314 g/mol. The van der Waals surface area contributed by atoms with Gasteiger partial charge in [-0.3, -0.25) is 16.0 Å². The van der Waals surface area contributed by atoms with Crippen molar-refractivity contribution >= 4 is 11.6 Å². The zero-order valence-corrected chi connectivity index (χ0v) is 12.6. The van der Waals surface area contributed by atoms with Crippen molar-refractivity contribution in [3.05, 3.63) is 51.8 Å². The maximum Gasteiger partial charge on any atom is 0.159 e. The van der Waals surface area contributed by atoms with Crippen molar-refractivity contribution in [3.8, 4) is 0 Å². The van der Waals surface area contributed by atoms with Crippen molar-refractivity contribution in [3.63, 3.8) is 0 Å². The van der Waals surface area contributed by atoms with E-state index in [0.29, 0.717) is 23.4 Å². The van der Waals surface area contributed by atoms with E-state index in [1.54, 1.807) is 17.8 Å². The van der Waals surface area contributed by atoms with E-state index in [9.17, 15) is 8.78 Å². The molecule has 0 aliphatic carbocycles. The van der Waals surface area contributed by atoms with Crippen LogP contribution in [-0.2, 0) is 19.9 Å². The molecule has 7 heteroatoms. The molecule has 1 aromatic heterocycles. The predicted octanol–water partition coefficient (Wildman–Crippen LogP) is 2.28. The average Bonchev–Trinajstić information content (AvgIpc) is 2.68. The molecule has 0 radical (unpaired) electrons. The van der Waals surface area contributed by atoms with Gasteiger partial charge in [0.25, 0.3) is 0 Å². The summed E-state index contributed by atoms with van der Waals surface area (Å²) in [6, 6.07) is 3.66. The lowest BCUT2D eigenvalue weighted by Crippen LogP contribution is -2.39. The molecule has 114 valence electrons. The third-order valence-electron chi connectivity index (χ3n) is 3.40. The number of halogens is 3. The van der Waals surface area contributed by atoms with Crippen LogP contribution in [0.15, 0.2) is 18.2 Å². The van der Waals surface area contributed by atoms with Gasteiger partial charge in [-0.2, -0.15) is 5.10 Å². The van der Waals surface area contributed by atoms with Gasteiger partial charge >= 0.3 is 0 Å². The second-order valence-corrected chi connectivity index (χ2v) is 5.37. The maximum atomic E-state index is 13.2. The molecule has 1 unspecified atom stereocenters. The Labute approximate surface area is 126 Å². The van der Waals surface area contributed by atoms with Crippen molar-refractivity contribution in [1.29, 1.82) is 0 Å². The number of hydrogen-bond donors (Lipinski definition) is 2. The fraction of sp³-hybridized carbons (Fsp3) is 0.357. The number of nitrogens with zero attached hydrogens (tertiary/aromatic N) is 2. The van der Waals surface area contributed by atoms with E-state index in [1.165, 1.54) is 6.07 Å². The fourth-order valence-corrected chi connectivity index (χ4v) is 2.51. The highest BCUT2D eigenvalue weighted by Gasteiger charge is 2.17. The van der Waals surface area contributed by atoms with Crippen LogP contribution in [-0.4, -0.2) is 15.8 Å². The van der Waals surface area contributed by atoms with Crippen LogP contribution in [0, 0.1) is 18.6 Å². The molecule has 0 aliphatic rings. The van der Waals surface area contributed by atoms with Gasteiger partial charge in [0.15, 0.2) is 11.6 Å². The fourth-order valence-electron chi connectivity index (χ4n) is 2.28. The lowest BCUT2D eigenvalue weighted by Gasteiger charge is -2.16. The van der Waals surface area contributed by atoms with E-state index in [2.05, 4.69) is 10.5 Å². The standard InChI is InChI=1S/C14H17ClF2N4/c1-8-14(15)13(21(2)20-8)7-10(19-18)5-9-3-4-11(16)12(17)6-9/h3-4,6,10,19H,5,7,18H2,1-2H3. The lowest BCUT2D eigenvalue weighted by molar-refractivity contribution is 0.492. The predicted molar refractivity (Wildman–Crippen MR) is 77.8 cm³/mol. The molecule has 0 saturated carbocycles. The first-order valence-corrected chi connectivity index (χ1v) is 6.88. The van der Waals surface area contributed by atoms with Gasteiger partial charge in [0.1, 0.15) is 0 Å². The number of aromatic nitrogens is 2. The molecular formula is C14H17ClF2N4. The minimum atomic E-state index is -0.863. The normalized spacial score (nSPS) is 12.7. The van der Waals surface area contributed by atoms with Crippen molar-refractivity contribution in [2.75, 3.05) is 0 Å². The Kier molecular flexibility index (Phi) is 4.92. The minimum Gasteiger partial charge on any atom is -0.271 e. The average molecular weight is 315 g/mol. The van der Waals surface area contributed by atoms with Gasteiger partial charge in [0.05, 0.1) is 16.4 Å². The van der Waals surface area contributed by atoms with Crippen molar-refractivity contribution < 1.29 is 8.78 Å². The molecule has 2 aromatic rings. The highest BCUT2D eigenvalue weighted by atomic mass is 35.5. The molecule has 3 N–H and O–H groups in total. The Hall–Kier alpha value is -1.50. The van der Waals surface area contributed by atoms with Crippen LogP contribution >= 0.6 is 11.6 Å². The number of hydrazine groups is 1. The summed E-state index contributed by atoms with van der Waals surface area (Å²) in [4.78, 5) is 0. The summed E-state index contributed by atoms with van der Waals surface area (Å²) in [6.07, 6.45) is 0.986. The van der Waals surface area contributed by atoms with Crippen LogP contribution in [0.3, 0.4) is 0 Å². The summed E-state index contributed by atoms with van der Waals surface area (Å²) in [7, 11) is 1.80. The molecule has 4 nitrogen and oxygen atoms in total. The summed E-state index contributed by atoms with van der Waals surface area (Å²) in [5.41, 5.74) is 4.93. The Morgan fingerprint density at radius 3 is 2.57 bits per heavy atom. The summed E-state index contributed by atoms with van der Waals surface area (Å²) >= 11 is 6.20. The van der Waals surface area contributed by atoms with E-state index in [4.69, 9.17) is 17.4 Å². The number of rotatable bonds is 5. The third kappa shape index (κ3) is 3.58. The van der Waals surface area contributed by atoms with Crippen LogP contribution in [0.25, 0.3) is 0 Å². The Balaban J connectivity index is 2.14. The Morgan fingerprint density at radius 1 is 1.33 bits per heavy atom. The Bertz CT molecular complexity index is 642. The van der Waals surface area contributed by atoms with Crippen molar-refractivity contribution in [2.24, 2.45) is 12.9 Å². The molecule has 1 heterocycles. The van der Waals surface area contributed by atoms with Crippen molar-refractivity contribution in [2.45, 2.75) is 25.8 Å². The Morgan fingerprint density at radius 2 is 2.05 bits per heavy atom. The zero-order chi connectivity index (χ0) is 15.6. The maximum absolute atomic E-state index is 13.2. The molecular weight excluding hydrogens is 298 g/mol. The molecule has 1 aromatic carbocycles. The van der Waals surface area contributed by atoms with E-state index in [-0.39, 0.29) is 6.04 Å². The van der Waals surface area contributed by atoms with Crippen LogP contribution in [0.4, 0.5) is 8.78 Å². The second kappa shape index (κ2) is 6.51. The van der Waals surface area contributed by atoms with E-state index in [0.717, 1.165) is 17.5 Å². The highest BCUT2D eigenvalue weighted by Crippen LogP contribution is 2.21. The van der Waals surface area contributed by atoms with Crippen LogP contribution in [0.1, 0.15) is 17.0 Å². The topological polar surface area (TPSA) is 55.9 Å². The largest absolute Gasteiger partial charge is 0.271 e. The van der Waals surface area contributed by atoms with Crippen LogP contribution < -0.4 is 11.3 Å². The number of aryl methyl sites for hydroxylation is 2. The van der Waals surface area contributed by atoms with Crippen LogP contribution in [0.2, 0.25) is 5.02 Å². The molecule has 0 amide bonds. The van der Waals surface area contributed by atoms with E-state index in [1.807, 2.05) is 6.92 Å². The molecule has 21 heavy (non-hydrogen) atoms. The summed E-state index contributed by atoms with van der Waals surface area (Å²) in [5.74, 6) is 3.83. The lowest BCUT2D eigenvalue weighted by atomic mass is 10.0. The zero-order valence-electron chi connectivity index (χ0n) is 11.8. The summed E-state index contributed by atoms with van der Waals surface area (Å²) in [5, 5.41) is 4.84. The smallest absolute Gasteiger partial charge is 0.159 e. The first-order chi connectivity index (χ1) is 9.92. The van der Waals surface area contributed by atoms with Gasteiger partial charge in [-0.05, 0) is 31.0 Å². The first kappa shape index (κ1) is 15.9. The van der Waals surface area contributed by atoms with E-state index >= 15 is 0 Å². The SMILES string of the molecule is Cc1nn(C)c(CC(Cc2ccc(F)c(F)c2)NN)c1Cl. The van der Waals surface area contributed by atoms with E-state index < -0.39 is 11.6 Å². The van der Waals surface area contributed by atoms with Crippen LogP contribution in [0.5, 0.6) is 0 Å². The van der Waals surface area contributed by atoms with Gasteiger partial charge in [0, 0.05) is 19.5 Å².